The minimum atomic E-state index is -3.91. The number of rotatable bonds is 7. The molecule has 1 heterocycles. The molecular weight excluding hydrogens is 503 g/mol. The van der Waals surface area contributed by atoms with Crippen molar-refractivity contribution in [2.45, 2.75) is 4.90 Å². The number of sulfonamides is 1. The van der Waals surface area contributed by atoms with Crippen molar-refractivity contribution in [3.8, 4) is 16.9 Å². The molecule has 0 atom stereocenters. The molecule has 0 bridgehead atoms. The van der Waals surface area contributed by atoms with Crippen molar-refractivity contribution in [2.24, 2.45) is 0 Å². The number of nitrogens with zero attached hydrogens (tertiary/aromatic N) is 3. The summed E-state index contributed by atoms with van der Waals surface area (Å²) < 4.78 is 42.8. The smallest absolute Gasteiger partial charge is 0.264 e. The first-order valence-corrected chi connectivity index (χ1v) is 13.1. The molecule has 1 amide bonds. The zero-order valence-corrected chi connectivity index (χ0v) is 21.1. The largest absolute Gasteiger partial charge is 0.319 e. The maximum Gasteiger partial charge on any atom is 0.264 e. The molecule has 1 N–H and O–H groups in total. The van der Waals surface area contributed by atoms with Gasteiger partial charge >= 0.3 is 0 Å². The van der Waals surface area contributed by atoms with Crippen LogP contribution in [0.3, 0.4) is 0 Å². The van der Waals surface area contributed by atoms with Gasteiger partial charge in [0.1, 0.15) is 11.5 Å². The predicted molar refractivity (Wildman–Crippen MR) is 145 cm³/mol. The van der Waals surface area contributed by atoms with Gasteiger partial charge in [-0.2, -0.15) is 5.10 Å². The van der Waals surface area contributed by atoms with Gasteiger partial charge in [-0.05, 0) is 66.7 Å². The van der Waals surface area contributed by atoms with Gasteiger partial charge < -0.3 is 5.32 Å². The molecule has 38 heavy (non-hydrogen) atoms. The molecule has 0 fully saturated rings. The Hall–Kier alpha value is -4.76. The Morgan fingerprint density at radius 1 is 0.868 bits per heavy atom. The number of benzene rings is 4. The zero-order valence-electron chi connectivity index (χ0n) is 20.3. The number of para-hydroxylation sites is 2. The number of nitrogens with one attached hydrogen (secondary N) is 1. The Morgan fingerprint density at radius 2 is 1.53 bits per heavy atom. The lowest BCUT2D eigenvalue weighted by Gasteiger charge is -2.19. The molecule has 5 aromatic rings. The summed E-state index contributed by atoms with van der Waals surface area (Å²) in [4.78, 5) is 13.3. The maximum absolute atomic E-state index is 13.6. The Bertz CT molecular complexity index is 1690. The van der Waals surface area contributed by atoms with Crippen LogP contribution in [-0.4, -0.2) is 31.2 Å². The lowest BCUT2D eigenvalue weighted by molar-refractivity contribution is 0.102. The van der Waals surface area contributed by atoms with Crippen LogP contribution in [0.15, 0.2) is 120 Å². The van der Waals surface area contributed by atoms with Gasteiger partial charge in [0.25, 0.3) is 15.9 Å². The molecule has 0 aliphatic heterocycles. The number of carbonyl (C=O) groups excluding carboxylic acids is 1. The predicted octanol–water partition coefficient (Wildman–Crippen LogP) is 5.76. The molecule has 0 saturated carbocycles. The summed E-state index contributed by atoms with van der Waals surface area (Å²) in [7, 11) is -2.44. The SMILES string of the molecule is CN(c1ccccc1)S(=O)(=O)c1cccc(C(=O)Nc2cn(-c3ccccc3)nc2-c2ccc(F)cc2)c1. The highest BCUT2D eigenvalue weighted by Gasteiger charge is 2.23. The van der Waals surface area contributed by atoms with E-state index >= 15 is 0 Å². The second kappa shape index (κ2) is 10.3. The van der Waals surface area contributed by atoms with Crippen LogP contribution < -0.4 is 9.62 Å². The van der Waals surface area contributed by atoms with Crippen LogP contribution in [0.1, 0.15) is 10.4 Å². The van der Waals surface area contributed by atoms with Gasteiger partial charge in [0.15, 0.2) is 0 Å². The lowest BCUT2D eigenvalue weighted by atomic mass is 10.1. The molecule has 0 spiro atoms. The van der Waals surface area contributed by atoms with Crippen LogP contribution >= 0.6 is 0 Å². The van der Waals surface area contributed by atoms with E-state index in [0.717, 1.165) is 5.69 Å². The van der Waals surface area contributed by atoms with Gasteiger partial charge in [-0.25, -0.2) is 17.5 Å². The average molecular weight is 527 g/mol. The van der Waals surface area contributed by atoms with Crippen molar-refractivity contribution < 1.29 is 17.6 Å². The van der Waals surface area contributed by atoms with Gasteiger partial charge in [0.2, 0.25) is 0 Å². The van der Waals surface area contributed by atoms with Crippen LogP contribution in [0.4, 0.5) is 15.8 Å². The van der Waals surface area contributed by atoms with Gasteiger partial charge in [0.05, 0.1) is 28.2 Å². The second-order valence-electron chi connectivity index (χ2n) is 8.47. The van der Waals surface area contributed by atoms with Crippen molar-refractivity contribution in [3.05, 3.63) is 127 Å². The van der Waals surface area contributed by atoms with E-state index in [-0.39, 0.29) is 16.3 Å². The van der Waals surface area contributed by atoms with E-state index in [9.17, 15) is 17.6 Å². The van der Waals surface area contributed by atoms with E-state index in [0.29, 0.717) is 22.6 Å². The summed E-state index contributed by atoms with van der Waals surface area (Å²) >= 11 is 0. The fourth-order valence-corrected chi connectivity index (χ4v) is 5.17. The third-order valence-electron chi connectivity index (χ3n) is 5.98. The Labute approximate surface area is 219 Å². The first-order chi connectivity index (χ1) is 18.3. The minimum absolute atomic E-state index is 0.0183. The Morgan fingerprint density at radius 3 is 2.21 bits per heavy atom. The highest BCUT2D eigenvalue weighted by atomic mass is 32.2. The zero-order chi connectivity index (χ0) is 26.7. The monoisotopic (exact) mass is 526 g/mol. The van der Waals surface area contributed by atoms with Crippen molar-refractivity contribution in [3.63, 3.8) is 0 Å². The molecule has 0 unspecified atom stereocenters. The molecule has 4 aromatic carbocycles. The van der Waals surface area contributed by atoms with E-state index < -0.39 is 15.9 Å². The second-order valence-corrected chi connectivity index (χ2v) is 10.4. The van der Waals surface area contributed by atoms with E-state index in [1.54, 1.807) is 53.3 Å². The Balaban J connectivity index is 1.47. The van der Waals surface area contributed by atoms with Crippen LogP contribution in [0, 0.1) is 5.82 Å². The summed E-state index contributed by atoms with van der Waals surface area (Å²) in [6, 6.07) is 29.7. The van der Waals surface area contributed by atoms with Crippen LogP contribution in [0.5, 0.6) is 0 Å². The van der Waals surface area contributed by atoms with Crippen LogP contribution in [0.25, 0.3) is 16.9 Å². The first-order valence-electron chi connectivity index (χ1n) is 11.7. The molecule has 7 nitrogen and oxygen atoms in total. The van der Waals surface area contributed by atoms with E-state index in [4.69, 9.17) is 0 Å². The quantitative estimate of drug-likeness (QED) is 0.292. The standard InChI is InChI=1S/C29H23FN4O3S/c1-33(24-10-4-2-5-11-24)38(36,37)26-14-8-9-22(19-26)29(35)31-27-20-34(25-12-6-3-7-13-25)32-28(27)21-15-17-23(30)18-16-21/h2-20H,1H3,(H,31,35). The number of aromatic nitrogens is 2. The van der Waals surface area contributed by atoms with Crippen molar-refractivity contribution in [1.29, 1.82) is 0 Å². The summed E-state index contributed by atoms with van der Waals surface area (Å²) in [5, 5.41) is 7.46. The molecule has 0 aliphatic carbocycles. The fraction of sp³-hybridized carbons (Fsp3) is 0.0345. The number of hydrogen-bond acceptors (Lipinski definition) is 4. The third kappa shape index (κ3) is 5.05. The Kier molecular flexibility index (Phi) is 6.76. The number of carbonyl (C=O) groups is 1. The summed E-state index contributed by atoms with van der Waals surface area (Å²) in [5.74, 6) is -0.902. The third-order valence-corrected chi connectivity index (χ3v) is 7.76. The molecular formula is C29H23FN4O3S. The molecule has 9 heteroatoms. The van der Waals surface area contributed by atoms with Gasteiger partial charge in [-0.1, -0.05) is 42.5 Å². The van der Waals surface area contributed by atoms with Crippen LogP contribution in [-0.2, 0) is 10.0 Å². The molecule has 0 saturated heterocycles. The fourth-order valence-electron chi connectivity index (χ4n) is 3.93. The van der Waals surface area contributed by atoms with Gasteiger partial charge in [0, 0.05) is 18.2 Å². The number of anilines is 2. The number of hydrogen-bond donors (Lipinski definition) is 1. The maximum atomic E-state index is 13.6. The van der Waals surface area contributed by atoms with Crippen LogP contribution in [0.2, 0.25) is 0 Å². The first kappa shape index (κ1) is 24.9. The van der Waals surface area contributed by atoms with Gasteiger partial charge in [-0.15, -0.1) is 0 Å². The molecule has 0 radical (unpaired) electrons. The highest BCUT2D eigenvalue weighted by Crippen LogP contribution is 2.29. The number of halogens is 1. The lowest BCUT2D eigenvalue weighted by Crippen LogP contribution is -2.26. The molecule has 5 rings (SSSR count). The van der Waals surface area contributed by atoms with Crippen molar-refractivity contribution in [1.82, 2.24) is 9.78 Å². The summed E-state index contributed by atoms with van der Waals surface area (Å²) in [6.45, 7) is 0. The van der Waals surface area contributed by atoms with E-state index in [1.807, 2.05) is 30.3 Å². The summed E-state index contributed by atoms with van der Waals surface area (Å²) in [5.41, 5.74) is 2.87. The molecule has 190 valence electrons. The van der Waals surface area contributed by atoms with E-state index in [1.165, 1.54) is 47.8 Å². The molecule has 1 aromatic heterocycles. The normalized spacial score (nSPS) is 11.2. The number of amides is 1. The average Bonchev–Trinajstić information content (AvgIpc) is 3.37. The topological polar surface area (TPSA) is 84.3 Å². The summed E-state index contributed by atoms with van der Waals surface area (Å²) in [6.07, 6.45) is 1.66. The molecule has 0 aliphatic rings. The van der Waals surface area contributed by atoms with E-state index in [2.05, 4.69) is 10.4 Å². The highest BCUT2D eigenvalue weighted by molar-refractivity contribution is 7.92. The van der Waals surface area contributed by atoms with Crippen molar-refractivity contribution in [2.75, 3.05) is 16.7 Å². The van der Waals surface area contributed by atoms with Gasteiger partial charge in [-0.3, -0.25) is 9.10 Å². The van der Waals surface area contributed by atoms with Crippen molar-refractivity contribution >= 4 is 27.3 Å². The minimum Gasteiger partial charge on any atom is -0.319 e.